The van der Waals surface area contributed by atoms with Crippen molar-refractivity contribution < 1.29 is 28.9 Å². The van der Waals surface area contributed by atoms with Gasteiger partial charge in [-0.05, 0) is 44.0 Å². The fraction of sp³-hybridized carbons (Fsp3) is 0.520. The zero-order valence-corrected chi connectivity index (χ0v) is 19.1. The molecular weight excluding hydrogens is 396 g/mol. The van der Waals surface area contributed by atoms with Crippen molar-refractivity contribution in [3.05, 3.63) is 53.6 Å². The van der Waals surface area contributed by atoms with Gasteiger partial charge in [-0.2, -0.15) is 0 Å². The number of aliphatic hydroxyl groups excluding tert-OH is 1. The first-order chi connectivity index (χ1) is 14.6. The van der Waals surface area contributed by atoms with Gasteiger partial charge in [0.1, 0.15) is 5.75 Å². The topological polar surface area (TPSA) is 82.1 Å². The number of carbonyl (C=O) groups excluding carboxylic acids is 2. The highest BCUT2D eigenvalue weighted by molar-refractivity contribution is 5.95. The van der Waals surface area contributed by atoms with Gasteiger partial charge in [-0.15, -0.1) is 0 Å². The van der Waals surface area contributed by atoms with E-state index < -0.39 is 29.5 Å². The van der Waals surface area contributed by atoms with Gasteiger partial charge < -0.3 is 19.3 Å². The van der Waals surface area contributed by atoms with Crippen LogP contribution in [0.3, 0.4) is 0 Å². The Morgan fingerprint density at radius 2 is 1.87 bits per heavy atom. The van der Waals surface area contributed by atoms with E-state index in [1.54, 1.807) is 32.3 Å². The van der Waals surface area contributed by atoms with Crippen LogP contribution in [0.4, 0.5) is 0 Å². The number of ether oxygens (including phenoxy) is 3. The Balaban J connectivity index is 2.25. The second-order valence-electron chi connectivity index (χ2n) is 8.58. The van der Waals surface area contributed by atoms with E-state index in [9.17, 15) is 14.7 Å². The van der Waals surface area contributed by atoms with Crippen molar-refractivity contribution in [3.8, 4) is 5.75 Å². The summed E-state index contributed by atoms with van der Waals surface area (Å²) in [6.07, 6.45) is 4.45. The number of carbonyl (C=O) groups is 2. The number of benzene rings is 1. The van der Waals surface area contributed by atoms with Gasteiger partial charge in [-0.1, -0.05) is 43.7 Å². The first-order valence-electron chi connectivity index (χ1n) is 10.6. The fourth-order valence-electron chi connectivity index (χ4n) is 3.22. The molecule has 0 saturated heterocycles. The number of hydrogen-bond donors (Lipinski definition) is 1. The van der Waals surface area contributed by atoms with Gasteiger partial charge >= 0.3 is 5.97 Å². The lowest BCUT2D eigenvalue weighted by molar-refractivity contribution is -0.150. The average Bonchev–Trinajstić information content (AvgIpc) is 2.74. The highest BCUT2D eigenvalue weighted by Gasteiger charge is 2.36. The molecule has 1 N–H and O–H groups in total. The van der Waals surface area contributed by atoms with Crippen LogP contribution in [0.25, 0.3) is 0 Å². The standard InChI is InChI=1S/C25H34O6/c1-17-13-14-30-24(28)18(2)21(26)7-6-8-23(25(3,4)22(27)15-17)31-16-19-9-11-20(29-5)12-10-19/h6-7,9-12,15,18,21,23,26H,8,13-14,16H2,1-5H3/b7-6+,17-15+/t18?,21-,23-/m1/s1. The van der Waals surface area contributed by atoms with Crippen LogP contribution in [-0.2, 0) is 25.7 Å². The number of hydrogen-bond acceptors (Lipinski definition) is 6. The lowest BCUT2D eigenvalue weighted by Crippen LogP contribution is -2.38. The Hall–Kier alpha value is -2.44. The summed E-state index contributed by atoms with van der Waals surface area (Å²) in [5.41, 5.74) is 1.02. The van der Waals surface area contributed by atoms with E-state index in [0.29, 0.717) is 19.4 Å². The summed E-state index contributed by atoms with van der Waals surface area (Å²) in [5.74, 6) is -0.407. The highest BCUT2D eigenvalue weighted by Crippen LogP contribution is 2.30. The minimum Gasteiger partial charge on any atom is -0.497 e. The monoisotopic (exact) mass is 430 g/mol. The van der Waals surface area contributed by atoms with E-state index in [0.717, 1.165) is 16.9 Å². The van der Waals surface area contributed by atoms with Crippen LogP contribution in [0.2, 0.25) is 0 Å². The third-order valence-electron chi connectivity index (χ3n) is 5.74. The molecule has 2 rings (SSSR count). The zero-order valence-electron chi connectivity index (χ0n) is 19.1. The number of rotatable bonds is 4. The maximum atomic E-state index is 13.0. The van der Waals surface area contributed by atoms with Gasteiger partial charge in [0.05, 0.1) is 43.9 Å². The van der Waals surface area contributed by atoms with Crippen LogP contribution in [0, 0.1) is 11.3 Å². The predicted molar refractivity (Wildman–Crippen MR) is 119 cm³/mol. The molecule has 0 spiro atoms. The van der Waals surface area contributed by atoms with Crippen LogP contribution < -0.4 is 4.74 Å². The quantitative estimate of drug-likeness (QED) is 0.574. The number of methoxy groups -OCH3 is 1. The number of esters is 1. The molecule has 170 valence electrons. The molecule has 0 amide bonds. The number of allylic oxidation sites excluding steroid dienone is 1. The van der Waals surface area contributed by atoms with Gasteiger partial charge in [0.2, 0.25) is 0 Å². The van der Waals surface area contributed by atoms with Crippen LogP contribution in [0.15, 0.2) is 48.1 Å². The summed E-state index contributed by atoms with van der Waals surface area (Å²) >= 11 is 0. The molecule has 0 aromatic heterocycles. The SMILES string of the molecule is COc1ccc(CO[C@@H]2C/C=C/[C@@H](O)C(C)C(=O)OCC/C(C)=C/C(=O)C2(C)C)cc1. The zero-order chi connectivity index (χ0) is 23.0. The summed E-state index contributed by atoms with van der Waals surface area (Å²) in [4.78, 5) is 25.1. The van der Waals surface area contributed by atoms with Gasteiger partial charge in [0.25, 0.3) is 0 Å². The van der Waals surface area contributed by atoms with Gasteiger partial charge in [0, 0.05) is 6.42 Å². The summed E-state index contributed by atoms with van der Waals surface area (Å²) in [6.45, 7) is 7.74. The fourth-order valence-corrected chi connectivity index (χ4v) is 3.22. The van der Waals surface area contributed by atoms with E-state index in [4.69, 9.17) is 14.2 Å². The molecule has 1 aromatic rings. The third-order valence-corrected chi connectivity index (χ3v) is 5.74. The average molecular weight is 431 g/mol. The van der Waals surface area contributed by atoms with E-state index in [-0.39, 0.29) is 12.4 Å². The summed E-state index contributed by atoms with van der Waals surface area (Å²) in [5, 5.41) is 10.3. The van der Waals surface area contributed by atoms with E-state index >= 15 is 0 Å². The minimum atomic E-state index is -0.965. The lowest BCUT2D eigenvalue weighted by atomic mass is 9.79. The smallest absolute Gasteiger partial charge is 0.311 e. The number of cyclic esters (lactones) is 1. The summed E-state index contributed by atoms with van der Waals surface area (Å²) in [7, 11) is 1.62. The molecule has 0 radical (unpaired) electrons. The highest BCUT2D eigenvalue weighted by atomic mass is 16.5. The Morgan fingerprint density at radius 3 is 2.52 bits per heavy atom. The Morgan fingerprint density at radius 1 is 1.19 bits per heavy atom. The largest absolute Gasteiger partial charge is 0.497 e. The first kappa shape index (κ1) is 24.8. The molecule has 0 fully saturated rings. The maximum Gasteiger partial charge on any atom is 0.311 e. The number of aliphatic hydroxyl groups is 1. The molecule has 1 aromatic carbocycles. The Kier molecular flexibility index (Phi) is 9.01. The van der Waals surface area contributed by atoms with E-state index in [1.165, 1.54) is 0 Å². The number of ketones is 1. The van der Waals surface area contributed by atoms with Gasteiger partial charge in [0.15, 0.2) is 5.78 Å². The molecule has 1 unspecified atom stereocenters. The van der Waals surface area contributed by atoms with Gasteiger partial charge in [-0.25, -0.2) is 0 Å². The van der Waals surface area contributed by atoms with Crippen LogP contribution >= 0.6 is 0 Å². The van der Waals surface area contributed by atoms with Crippen molar-refractivity contribution >= 4 is 11.8 Å². The summed E-state index contributed by atoms with van der Waals surface area (Å²) < 4.78 is 16.6. The first-order valence-corrected chi connectivity index (χ1v) is 10.6. The van der Waals surface area contributed by atoms with Crippen molar-refractivity contribution in [2.75, 3.05) is 13.7 Å². The molecule has 0 saturated carbocycles. The van der Waals surface area contributed by atoms with Gasteiger partial charge in [-0.3, -0.25) is 9.59 Å². The third kappa shape index (κ3) is 7.04. The van der Waals surface area contributed by atoms with E-state index in [1.807, 2.05) is 45.0 Å². The van der Waals surface area contributed by atoms with Crippen molar-refractivity contribution in [1.29, 1.82) is 0 Å². The van der Waals surface area contributed by atoms with Crippen molar-refractivity contribution in [3.63, 3.8) is 0 Å². The normalized spacial score (nSPS) is 28.1. The molecule has 1 heterocycles. The van der Waals surface area contributed by atoms with Crippen molar-refractivity contribution in [2.45, 2.75) is 59.4 Å². The molecule has 0 aliphatic carbocycles. The molecule has 0 bridgehead atoms. The molecule has 31 heavy (non-hydrogen) atoms. The molecule has 1 aliphatic heterocycles. The van der Waals surface area contributed by atoms with Crippen LogP contribution in [-0.4, -0.2) is 42.8 Å². The molecule has 1 aliphatic rings. The minimum absolute atomic E-state index is 0.0459. The molecular formula is C25H34O6. The molecule has 3 atom stereocenters. The van der Waals surface area contributed by atoms with E-state index in [2.05, 4.69) is 0 Å². The van der Waals surface area contributed by atoms with Crippen molar-refractivity contribution in [1.82, 2.24) is 0 Å². The maximum absolute atomic E-state index is 13.0. The summed E-state index contributed by atoms with van der Waals surface area (Å²) in [6, 6.07) is 7.58. The second-order valence-corrected chi connectivity index (χ2v) is 8.58. The lowest BCUT2D eigenvalue weighted by Gasteiger charge is -2.32. The second kappa shape index (κ2) is 11.3. The van der Waals surface area contributed by atoms with Crippen molar-refractivity contribution in [2.24, 2.45) is 11.3 Å². The Labute approximate surface area is 184 Å². The molecule has 6 nitrogen and oxygen atoms in total. The predicted octanol–water partition coefficient (Wildman–Crippen LogP) is 4.01. The molecule has 6 heteroatoms. The Bertz CT molecular complexity index is 806. The van der Waals surface area contributed by atoms with Crippen LogP contribution in [0.1, 0.15) is 46.1 Å². The van der Waals surface area contributed by atoms with Crippen LogP contribution in [0.5, 0.6) is 5.75 Å².